The Bertz CT molecular complexity index is 497. The monoisotopic (exact) mass is 220 g/mol. The third-order valence-corrected chi connectivity index (χ3v) is 4.16. The number of fused-ring (bicyclic) bond motifs is 1. The van der Waals surface area contributed by atoms with E-state index in [1.54, 1.807) is 6.07 Å². The van der Waals surface area contributed by atoms with E-state index in [2.05, 4.69) is 37.0 Å². The molecule has 0 bridgehead atoms. The molecule has 0 aliphatic heterocycles. The van der Waals surface area contributed by atoms with Crippen molar-refractivity contribution in [3.63, 3.8) is 0 Å². The fraction of sp³-hybridized carbons (Fsp3) is 0.231. The summed E-state index contributed by atoms with van der Waals surface area (Å²) >= 11 is 0. The average molecular weight is 220 g/mol. The molecule has 0 fully saturated rings. The average Bonchev–Trinajstić information content (AvgIpc) is 2.15. The van der Waals surface area contributed by atoms with Crippen molar-refractivity contribution in [1.29, 1.82) is 0 Å². The van der Waals surface area contributed by atoms with Gasteiger partial charge in [0.15, 0.2) is 0 Å². The van der Waals surface area contributed by atoms with Crippen molar-refractivity contribution < 1.29 is 5.11 Å². The minimum Gasteiger partial charge on any atom is -0.508 e. The summed E-state index contributed by atoms with van der Waals surface area (Å²) in [6.45, 7) is 0. The first-order valence-electron chi connectivity index (χ1n) is 4.88. The molecule has 0 atom stereocenters. The van der Waals surface area contributed by atoms with Gasteiger partial charge in [0.25, 0.3) is 0 Å². The van der Waals surface area contributed by atoms with Gasteiger partial charge in [0.2, 0.25) is 0 Å². The van der Waals surface area contributed by atoms with Crippen LogP contribution in [0.1, 0.15) is 0 Å². The van der Waals surface area contributed by atoms with Crippen LogP contribution in [-0.2, 0) is 0 Å². The van der Waals surface area contributed by atoms with Gasteiger partial charge in [-0.2, -0.15) is 0 Å². The number of benzene rings is 2. The Morgan fingerprint density at radius 2 is 1.73 bits per heavy atom. The van der Waals surface area contributed by atoms with Crippen LogP contribution in [0.2, 0.25) is 0 Å². The van der Waals surface area contributed by atoms with Crippen molar-refractivity contribution in [3.05, 3.63) is 36.4 Å². The van der Waals surface area contributed by atoms with E-state index in [4.69, 9.17) is 0 Å². The highest BCUT2D eigenvalue weighted by molar-refractivity contribution is 8.32. The zero-order valence-electron chi connectivity index (χ0n) is 9.32. The summed E-state index contributed by atoms with van der Waals surface area (Å²) in [5, 5.41) is 11.9. The summed E-state index contributed by atoms with van der Waals surface area (Å²) in [6.07, 6.45) is 6.81. The van der Waals surface area contributed by atoms with E-state index in [0.717, 1.165) is 0 Å². The van der Waals surface area contributed by atoms with Crippen LogP contribution in [0.5, 0.6) is 5.75 Å². The molecule has 0 saturated carbocycles. The molecule has 0 aliphatic rings. The largest absolute Gasteiger partial charge is 0.508 e. The molecule has 0 aliphatic carbocycles. The molecule has 1 nitrogen and oxygen atoms in total. The number of phenolic OH excluding ortho intramolecular Hbond substituents is 1. The van der Waals surface area contributed by atoms with Gasteiger partial charge in [-0.25, -0.2) is 10.0 Å². The number of rotatable bonds is 1. The van der Waals surface area contributed by atoms with Gasteiger partial charge in [0.1, 0.15) is 5.75 Å². The highest BCUT2D eigenvalue weighted by Gasteiger charge is 2.11. The lowest BCUT2D eigenvalue weighted by molar-refractivity contribution is 0.476. The van der Waals surface area contributed by atoms with Crippen LogP contribution in [0.3, 0.4) is 0 Å². The lowest BCUT2D eigenvalue weighted by atomic mass is 10.1. The predicted octanol–water partition coefficient (Wildman–Crippen LogP) is 3.60. The molecule has 0 radical (unpaired) electrons. The highest BCUT2D eigenvalue weighted by atomic mass is 32.3. The maximum Gasteiger partial charge on any atom is 0.116 e. The fourth-order valence-corrected chi connectivity index (χ4v) is 3.09. The molecule has 2 heteroatoms. The highest BCUT2D eigenvalue weighted by Crippen LogP contribution is 2.48. The minimum absolute atomic E-state index is 0.346. The van der Waals surface area contributed by atoms with Gasteiger partial charge in [-0.1, -0.05) is 18.2 Å². The topological polar surface area (TPSA) is 20.2 Å². The predicted molar refractivity (Wildman–Crippen MR) is 69.2 cm³/mol. The van der Waals surface area contributed by atoms with Crippen molar-refractivity contribution >= 4 is 20.8 Å². The van der Waals surface area contributed by atoms with Crippen molar-refractivity contribution in [1.82, 2.24) is 0 Å². The quantitative estimate of drug-likeness (QED) is 0.778. The third kappa shape index (κ3) is 1.95. The van der Waals surface area contributed by atoms with Crippen LogP contribution < -0.4 is 0 Å². The van der Waals surface area contributed by atoms with Crippen LogP contribution in [-0.4, -0.2) is 23.9 Å². The molecule has 1 N–H and O–H groups in total. The molecule has 0 heterocycles. The molecule has 0 spiro atoms. The Morgan fingerprint density at radius 1 is 1.00 bits per heavy atom. The minimum atomic E-state index is -0.757. The van der Waals surface area contributed by atoms with Crippen LogP contribution >= 0.6 is 10.0 Å². The molecule has 2 aromatic rings. The van der Waals surface area contributed by atoms with Crippen molar-refractivity contribution in [2.45, 2.75) is 4.90 Å². The number of phenols is 1. The van der Waals surface area contributed by atoms with Gasteiger partial charge in [-0.3, -0.25) is 0 Å². The van der Waals surface area contributed by atoms with Crippen molar-refractivity contribution in [2.24, 2.45) is 0 Å². The molecule has 2 aromatic carbocycles. The summed E-state index contributed by atoms with van der Waals surface area (Å²) in [5.41, 5.74) is 0. The van der Waals surface area contributed by atoms with E-state index in [1.165, 1.54) is 15.7 Å². The lowest BCUT2D eigenvalue weighted by Crippen LogP contribution is -1.93. The van der Waals surface area contributed by atoms with Crippen LogP contribution in [0.15, 0.2) is 41.3 Å². The van der Waals surface area contributed by atoms with Gasteiger partial charge in [0, 0.05) is 0 Å². The maximum atomic E-state index is 9.53. The van der Waals surface area contributed by atoms with Gasteiger partial charge >= 0.3 is 0 Å². The van der Waals surface area contributed by atoms with Crippen LogP contribution in [0, 0.1) is 0 Å². The number of hydrogen-bond donors (Lipinski definition) is 1. The lowest BCUT2D eigenvalue weighted by Gasteiger charge is -2.27. The van der Waals surface area contributed by atoms with Crippen molar-refractivity contribution in [3.8, 4) is 5.75 Å². The van der Waals surface area contributed by atoms with Crippen molar-refractivity contribution in [2.75, 3.05) is 18.8 Å². The van der Waals surface area contributed by atoms with E-state index in [-0.39, 0.29) is 0 Å². The van der Waals surface area contributed by atoms with E-state index in [1.807, 2.05) is 12.1 Å². The number of hydrogen-bond acceptors (Lipinski definition) is 1. The molecule has 0 unspecified atom stereocenters. The SMILES string of the molecule is CS(C)(C)c1cccc2ccc(O)cc12. The Balaban J connectivity index is 2.80. The van der Waals surface area contributed by atoms with E-state index < -0.39 is 10.0 Å². The van der Waals surface area contributed by atoms with Gasteiger partial charge in [-0.05, 0) is 52.6 Å². The Labute approximate surface area is 92.1 Å². The molecule has 0 amide bonds. The Morgan fingerprint density at radius 3 is 2.40 bits per heavy atom. The molecule has 80 valence electrons. The van der Waals surface area contributed by atoms with Gasteiger partial charge < -0.3 is 5.11 Å². The normalized spacial score (nSPS) is 13.0. The second-order valence-electron chi connectivity index (χ2n) is 4.50. The summed E-state index contributed by atoms with van der Waals surface area (Å²) in [5.74, 6) is 0.346. The molecule has 0 saturated heterocycles. The zero-order chi connectivity index (χ0) is 11.1. The zero-order valence-corrected chi connectivity index (χ0v) is 10.1. The van der Waals surface area contributed by atoms with E-state index >= 15 is 0 Å². The smallest absolute Gasteiger partial charge is 0.116 e. The maximum absolute atomic E-state index is 9.53. The fourth-order valence-electron chi connectivity index (χ4n) is 1.77. The number of aromatic hydroxyl groups is 1. The molecular formula is C13H16OS. The molecular weight excluding hydrogens is 204 g/mol. The summed E-state index contributed by atoms with van der Waals surface area (Å²) in [7, 11) is -0.757. The first kappa shape index (κ1) is 10.4. The molecule has 0 aromatic heterocycles. The first-order valence-corrected chi connectivity index (χ1v) is 7.74. The Kier molecular flexibility index (Phi) is 2.39. The van der Waals surface area contributed by atoms with E-state index in [9.17, 15) is 5.11 Å². The van der Waals surface area contributed by atoms with Crippen LogP contribution in [0.4, 0.5) is 0 Å². The first-order chi connectivity index (χ1) is 6.98. The van der Waals surface area contributed by atoms with Crippen LogP contribution in [0.25, 0.3) is 10.8 Å². The Hall–Kier alpha value is -1.15. The molecule has 15 heavy (non-hydrogen) atoms. The second-order valence-corrected chi connectivity index (χ2v) is 8.61. The third-order valence-electron chi connectivity index (χ3n) is 2.49. The summed E-state index contributed by atoms with van der Waals surface area (Å²) in [6, 6.07) is 11.9. The molecule has 2 rings (SSSR count). The van der Waals surface area contributed by atoms with Gasteiger partial charge in [-0.15, -0.1) is 0 Å². The van der Waals surface area contributed by atoms with E-state index in [0.29, 0.717) is 5.75 Å². The second kappa shape index (κ2) is 3.46. The van der Waals surface area contributed by atoms with Gasteiger partial charge in [0.05, 0.1) is 0 Å². The summed E-state index contributed by atoms with van der Waals surface area (Å²) in [4.78, 5) is 1.36. The standard InChI is InChI=1S/C13H16OS/c1-15(2,3)13-6-4-5-10-7-8-11(14)9-12(10)13/h4-9,14H,1-3H3. The summed E-state index contributed by atoms with van der Waals surface area (Å²) < 4.78 is 0.